The van der Waals surface area contributed by atoms with Gasteiger partial charge < -0.3 is 10.4 Å². The van der Waals surface area contributed by atoms with Crippen LogP contribution >= 0.6 is 11.6 Å². The van der Waals surface area contributed by atoms with E-state index in [0.717, 1.165) is 6.07 Å². The molecule has 0 aliphatic heterocycles. The highest BCUT2D eigenvalue weighted by Gasteiger charge is 2.09. The first-order valence-corrected chi connectivity index (χ1v) is 4.91. The number of alkyl halides is 2. The molecular weight excluding hydrogens is 240 g/mol. The summed E-state index contributed by atoms with van der Waals surface area (Å²) in [4.78, 5) is 10.2. The first kappa shape index (κ1) is 12.7. The third-order valence-electron chi connectivity index (χ3n) is 1.90. The lowest BCUT2D eigenvalue weighted by Crippen LogP contribution is -2.07. The quantitative estimate of drug-likeness (QED) is 0.843. The molecule has 88 valence electrons. The fraction of sp³-hybridized carbons (Fsp3) is 0.300. The fourth-order valence-electron chi connectivity index (χ4n) is 1.11. The predicted molar refractivity (Wildman–Crippen MR) is 57.2 cm³/mol. The van der Waals surface area contributed by atoms with Crippen molar-refractivity contribution in [2.24, 2.45) is 0 Å². The van der Waals surface area contributed by atoms with Gasteiger partial charge in [-0.1, -0.05) is 17.7 Å². The Labute approximate surface area is 96.0 Å². The van der Waals surface area contributed by atoms with Crippen LogP contribution in [0.4, 0.5) is 14.5 Å². The molecule has 0 fully saturated rings. The summed E-state index contributed by atoms with van der Waals surface area (Å²) in [5.41, 5.74) is 0.293. The molecule has 0 radical (unpaired) electrons. The minimum Gasteiger partial charge on any atom is -0.481 e. The average molecular weight is 250 g/mol. The Balaban J connectivity index is 2.64. The van der Waals surface area contributed by atoms with Crippen molar-refractivity contribution < 1.29 is 18.7 Å². The van der Waals surface area contributed by atoms with Gasteiger partial charge in [0, 0.05) is 12.1 Å². The second-order valence-corrected chi connectivity index (χ2v) is 3.52. The van der Waals surface area contributed by atoms with Crippen LogP contribution in [0.2, 0.25) is 5.02 Å². The summed E-state index contributed by atoms with van der Waals surface area (Å²) >= 11 is 5.75. The van der Waals surface area contributed by atoms with E-state index in [0.29, 0.717) is 5.69 Å². The Morgan fingerprint density at radius 1 is 1.50 bits per heavy atom. The van der Waals surface area contributed by atoms with Gasteiger partial charge in [-0.05, 0) is 12.1 Å². The van der Waals surface area contributed by atoms with Gasteiger partial charge >= 0.3 is 5.97 Å². The summed E-state index contributed by atoms with van der Waals surface area (Å²) in [7, 11) is 0. The first-order valence-electron chi connectivity index (χ1n) is 4.54. The summed E-state index contributed by atoms with van der Waals surface area (Å²) in [6, 6.07) is 3.82. The molecule has 2 N–H and O–H groups in total. The number of carboxylic acids is 1. The van der Waals surface area contributed by atoms with Crippen molar-refractivity contribution in [2.45, 2.75) is 12.8 Å². The van der Waals surface area contributed by atoms with Crippen LogP contribution in [0.15, 0.2) is 18.2 Å². The highest BCUT2D eigenvalue weighted by atomic mass is 35.5. The molecule has 1 rings (SSSR count). The minimum absolute atomic E-state index is 0.0626. The zero-order valence-corrected chi connectivity index (χ0v) is 8.97. The van der Waals surface area contributed by atoms with Gasteiger partial charge in [-0.2, -0.15) is 0 Å². The molecule has 0 bridgehead atoms. The van der Waals surface area contributed by atoms with E-state index in [2.05, 4.69) is 5.32 Å². The lowest BCUT2D eigenvalue weighted by Gasteiger charge is -2.08. The number of carboxylic acid groups (broad SMARTS) is 1. The summed E-state index contributed by atoms with van der Waals surface area (Å²) in [5, 5.41) is 11.3. The molecule has 0 atom stereocenters. The van der Waals surface area contributed by atoms with Gasteiger partial charge in [0.2, 0.25) is 0 Å². The molecule has 0 unspecified atom stereocenters. The standard InChI is InChI=1S/C10H10ClF2NO2/c11-7-5-6(10(12)13)1-2-8(7)14-4-3-9(15)16/h1-2,5,10,14H,3-4H2,(H,15,16). The fourth-order valence-corrected chi connectivity index (χ4v) is 1.37. The largest absolute Gasteiger partial charge is 0.481 e. The Hall–Kier alpha value is -1.36. The van der Waals surface area contributed by atoms with Gasteiger partial charge in [-0.25, -0.2) is 8.78 Å². The molecule has 0 saturated heterocycles. The zero-order valence-electron chi connectivity index (χ0n) is 8.21. The van der Waals surface area contributed by atoms with Crippen molar-refractivity contribution in [3.63, 3.8) is 0 Å². The average Bonchev–Trinajstić information content (AvgIpc) is 2.19. The van der Waals surface area contributed by atoms with E-state index in [-0.39, 0.29) is 23.6 Å². The van der Waals surface area contributed by atoms with Crippen LogP contribution in [-0.2, 0) is 4.79 Å². The third kappa shape index (κ3) is 3.66. The van der Waals surface area contributed by atoms with E-state index in [4.69, 9.17) is 16.7 Å². The van der Waals surface area contributed by atoms with Crippen LogP contribution < -0.4 is 5.32 Å². The van der Waals surface area contributed by atoms with Crippen molar-refractivity contribution in [2.75, 3.05) is 11.9 Å². The molecule has 0 saturated carbocycles. The van der Waals surface area contributed by atoms with Crippen LogP contribution in [0.5, 0.6) is 0 Å². The monoisotopic (exact) mass is 249 g/mol. The number of benzene rings is 1. The maximum absolute atomic E-state index is 12.3. The number of hydrogen-bond donors (Lipinski definition) is 2. The molecule has 1 aromatic rings. The van der Waals surface area contributed by atoms with Gasteiger partial charge in [0.15, 0.2) is 0 Å². The SMILES string of the molecule is O=C(O)CCNc1ccc(C(F)F)cc1Cl. The second kappa shape index (κ2) is 5.65. The van der Waals surface area contributed by atoms with Crippen molar-refractivity contribution in [3.8, 4) is 0 Å². The second-order valence-electron chi connectivity index (χ2n) is 3.11. The van der Waals surface area contributed by atoms with Crippen LogP contribution in [0.1, 0.15) is 18.4 Å². The Bertz CT molecular complexity index is 385. The maximum Gasteiger partial charge on any atom is 0.305 e. The van der Waals surface area contributed by atoms with Crippen LogP contribution in [0.3, 0.4) is 0 Å². The smallest absolute Gasteiger partial charge is 0.305 e. The van der Waals surface area contributed by atoms with E-state index in [1.54, 1.807) is 0 Å². The molecule has 0 aromatic heterocycles. The highest BCUT2D eigenvalue weighted by molar-refractivity contribution is 6.33. The molecule has 0 amide bonds. The molecular formula is C10H10ClF2NO2. The minimum atomic E-state index is -2.56. The number of anilines is 1. The van der Waals surface area contributed by atoms with Gasteiger partial charge in [0.1, 0.15) is 0 Å². The summed E-state index contributed by atoms with van der Waals surface area (Å²) in [6.45, 7) is 0.197. The van der Waals surface area contributed by atoms with Crippen LogP contribution in [-0.4, -0.2) is 17.6 Å². The first-order chi connectivity index (χ1) is 7.50. The topological polar surface area (TPSA) is 49.3 Å². The molecule has 0 heterocycles. The summed E-state index contributed by atoms with van der Waals surface area (Å²) in [5.74, 6) is -0.937. The number of aliphatic carboxylic acids is 1. The predicted octanol–water partition coefficient (Wildman–Crippen LogP) is 3.16. The third-order valence-corrected chi connectivity index (χ3v) is 2.21. The van der Waals surface area contributed by atoms with Crippen LogP contribution in [0, 0.1) is 0 Å². The van der Waals surface area contributed by atoms with Gasteiger partial charge in [0.05, 0.1) is 17.1 Å². The van der Waals surface area contributed by atoms with Crippen LogP contribution in [0.25, 0.3) is 0 Å². The summed E-state index contributed by atoms with van der Waals surface area (Å²) in [6.07, 6.45) is -2.63. The summed E-state index contributed by atoms with van der Waals surface area (Å²) < 4.78 is 24.6. The molecule has 0 spiro atoms. The molecule has 0 aliphatic carbocycles. The lowest BCUT2D eigenvalue weighted by atomic mass is 10.2. The van der Waals surface area contributed by atoms with Gasteiger partial charge in [-0.3, -0.25) is 4.79 Å². The molecule has 16 heavy (non-hydrogen) atoms. The molecule has 6 heteroatoms. The van der Waals surface area contributed by atoms with Crippen molar-refractivity contribution >= 4 is 23.3 Å². The number of halogens is 3. The highest BCUT2D eigenvalue weighted by Crippen LogP contribution is 2.27. The lowest BCUT2D eigenvalue weighted by molar-refractivity contribution is -0.136. The number of nitrogens with one attached hydrogen (secondary N) is 1. The van der Waals surface area contributed by atoms with Gasteiger partial charge in [-0.15, -0.1) is 0 Å². The van der Waals surface area contributed by atoms with E-state index in [1.165, 1.54) is 12.1 Å². The molecule has 1 aromatic carbocycles. The van der Waals surface area contributed by atoms with E-state index in [1.807, 2.05) is 0 Å². The maximum atomic E-state index is 12.3. The van der Waals surface area contributed by atoms with Crippen molar-refractivity contribution in [1.82, 2.24) is 0 Å². The van der Waals surface area contributed by atoms with E-state index < -0.39 is 12.4 Å². The van der Waals surface area contributed by atoms with Crippen molar-refractivity contribution in [3.05, 3.63) is 28.8 Å². The normalized spacial score (nSPS) is 10.5. The number of carbonyl (C=O) groups is 1. The molecule has 3 nitrogen and oxygen atoms in total. The number of hydrogen-bond acceptors (Lipinski definition) is 2. The van der Waals surface area contributed by atoms with E-state index in [9.17, 15) is 13.6 Å². The Morgan fingerprint density at radius 3 is 2.69 bits per heavy atom. The zero-order chi connectivity index (χ0) is 12.1. The van der Waals surface area contributed by atoms with Crippen molar-refractivity contribution in [1.29, 1.82) is 0 Å². The van der Waals surface area contributed by atoms with E-state index >= 15 is 0 Å². The Kier molecular flexibility index (Phi) is 4.49. The number of rotatable bonds is 5. The van der Waals surface area contributed by atoms with Gasteiger partial charge in [0.25, 0.3) is 6.43 Å². The Morgan fingerprint density at radius 2 is 2.19 bits per heavy atom. The molecule has 0 aliphatic rings.